The molecule has 92 valence electrons. The molecule has 0 fully saturated rings. The molecule has 0 saturated carbocycles. The molecule has 1 heterocycles. The largest absolute Gasteiger partial charge is 0.389 e. The van der Waals surface area contributed by atoms with Gasteiger partial charge in [0.15, 0.2) is 0 Å². The predicted octanol–water partition coefficient (Wildman–Crippen LogP) is 0.902. The van der Waals surface area contributed by atoms with Gasteiger partial charge in [-0.05, 0) is 18.6 Å². The van der Waals surface area contributed by atoms with Crippen LogP contribution < -0.4 is 5.32 Å². The van der Waals surface area contributed by atoms with Gasteiger partial charge >= 0.3 is 0 Å². The van der Waals surface area contributed by atoms with Gasteiger partial charge in [0.05, 0.1) is 5.60 Å². The van der Waals surface area contributed by atoms with Gasteiger partial charge in [0.1, 0.15) is 0 Å². The van der Waals surface area contributed by atoms with Crippen LogP contribution in [0.1, 0.15) is 18.9 Å². The molecule has 0 saturated heterocycles. The maximum atomic E-state index is 9.98. The van der Waals surface area contributed by atoms with Crippen LogP contribution in [0.3, 0.4) is 0 Å². The normalized spacial score (nSPS) is 15.0. The number of aryl methyl sites for hydroxylation is 1. The van der Waals surface area contributed by atoms with Crippen molar-refractivity contribution in [2.45, 2.75) is 25.5 Å². The topological polar surface area (TPSA) is 46.4 Å². The van der Waals surface area contributed by atoms with Gasteiger partial charge in [-0.1, -0.05) is 0 Å². The summed E-state index contributed by atoms with van der Waals surface area (Å²) < 4.78 is 6.97. The van der Waals surface area contributed by atoms with E-state index < -0.39 is 5.60 Å². The van der Waals surface area contributed by atoms with Crippen molar-refractivity contribution in [1.82, 2.24) is 9.88 Å². The molecule has 1 rings (SSSR count). The summed E-state index contributed by atoms with van der Waals surface area (Å²) in [5, 5.41) is 13.2. The highest BCUT2D eigenvalue weighted by Crippen LogP contribution is 2.08. The molecule has 0 bridgehead atoms. The Morgan fingerprint density at radius 3 is 2.88 bits per heavy atom. The number of aromatic nitrogens is 1. The summed E-state index contributed by atoms with van der Waals surface area (Å²) >= 11 is 0. The number of hydrogen-bond acceptors (Lipinski definition) is 3. The average molecular weight is 226 g/mol. The zero-order valence-corrected chi connectivity index (χ0v) is 10.4. The van der Waals surface area contributed by atoms with E-state index in [1.807, 2.05) is 24.7 Å². The number of nitrogens with zero attached hydrogens (tertiary/aromatic N) is 1. The van der Waals surface area contributed by atoms with Gasteiger partial charge in [-0.3, -0.25) is 0 Å². The fourth-order valence-electron chi connectivity index (χ4n) is 1.55. The first kappa shape index (κ1) is 13.2. The van der Waals surface area contributed by atoms with Crippen LogP contribution in [0.4, 0.5) is 0 Å². The van der Waals surface area contributed by atoms with E-state index in [2.05, 4.69) is 17.6 Å². The van der Waals surface area contributed by atoms with E-state index >= 15 is 0 Å². The molecule has 4 nitrogen and oxygen atoms in total. The Balaban J connectivity index is 2.24. The van der Waals surface area contributed by atoms with Crippen LogP contribution >= 0.6 is 0 Å². The van der Waals surface area contributed by atoms with Crippen molar-refractivity contribution in [2.24, 2.45) is 7.05 Å². The van der Waals surface area contributed by atoms with Crippen LogP contribution in [-0.4, -0.2) is 35.5 Å². The van der Waals surface area contributed by atoms with Gasteiger partial charge in [-0.25, -0.2) is 0 Å². The van der Waals surface area contributed by atoms with Crippen molar-refractivity contribution in [1.29, 1.82) is 0 Å². The number of rotatable bonds is 7. The number of methoxy groups -OCH3 is 1. The summed E-state index contributed by atoms with van der Waals surface area (Å²) in [7, 11) is 3.64. The molecule has 0 aliphatic carbocycles. The number of ether oxygens (including phenoxy) is 1. The second kappa shape index (κ2) is 6.03. The Kier molecular flexibility index (Phi) is 4.99. The predicted molar refractivity (Wildman–Crippen MR) is 64.2 cm³/mol. The molecule has 0 aromatic carbocycles. The maximum Gasteiger partial charge on any atom is 0.0765 e. The summed E-state index contributed by atoms with van der Waals surface area (Å²) in [6.07, 6.45) is 4.72. The van der Waals surface area contributed by atoms with E-state index in [1.54, 1.807) is 7.11 Å². The van der Waals surface area contributed by atoms with E-state index in [4.69, 9.17) is 4.74 Å². The Hall–Kier alpha value is -0.840. The van der Waals surface area contributed by atoms with Gasteiger partial charge < -0.3 is 19.7 Å². The Morgan fingerprint density at radius 2 is 2.31 bits per heavy atom. The third-order valence-electron chi connectivity index (χ3n) is 2.57. The Bertz CT molecular complexity index is 308. The Labute approximate surface area is 97.2 Å². The van der Waals surface area contributed by atoms with Crippen LogP contribution in [0.5, 0.6) is 0 Å². The van der Waals surface area contributed by atoms with Crippen molar-refractivity contribution in [3.63, 3.8) is 0 Å². The van der Waals surface area contributed by atoms with Crippen molar-refractivity contribution < 1.29 is 9.84 Å². The summed E-state index contributed by atoms with van der Waals surface area (Å²) in [6, 6.07) is 2.07. The first-order chi connectivity index (χ1) is 7.53. The number of nitrogens with one attached hydrogen (secondary N) is 1. The number of aliphatic hydroxyl groups is 1. The summed E-state index contributed by atoms with van der Waals surface area (Å²) in [5.41, 5.74) is 0.523. The summed E-state index contributed by atoms with van der Waals surface area (Å²) in [5.74, 6) is 0. The molecule has 16 heavy (non-hydrogen) atoms. The molecule has 0 aliphatic heterocycles. The van der Waals surface area contributed by atoms with E-state index in [1.165, 1.54) is 5.56 Å². The molecule has 1 aromatic heterocycles. The minimum atomic E-state index is -0.704. The van der Waals surface area contributed by atoms with Gasteiger partial charge in [-0.2, -0.15) is 0 Å². The molecule has 0 aliphatic rings. The highest BCUT2D eigenvalue weighted by Gasteiger charge is 2.18. The lowest BCUT2D eigenvalue weighted by Gasteiger charge is -2.23. The lowest BCUT2D eigenvalue weighted by Crippen LogP contribution is -2.38. The van der Waals surface area contributed by atoms with Crippen LogP contribution in [0.15, 0.2) is 18.5 Å². The monoisotopic (exact) mass is 226 g/mol. The van der Waals surface area contributed by atoms with E-state index in [9.17, 15) is 5.11 Å². The third kappa shape index (κ3) is 4.79. The minimum absolute atomic E-state index is 0.575. The molecule has 2 N–H and O–H groups in total. The van der Waals surface area contributed by atoms with Crippen LogP contribution in [0.2, 0.25) is 0 Å². The summed E-state index contributed by atoms with van der Waals surface area (Å²) in [6.45, 7) is 3.76. The maximum absolute atomic E-state index is 9.98. The van der Waals surface area contributed by atoms with Crippen molar-refractivity contribution in [3.8, 4) is 0 Å². The Morgan fingerprint density at radius 1 is 1.56 bits per heavy atom. The average Bonchev–Trinajstić information content (AvgIpc) is 2.61. The third-order valence-corrected chi connectivity index (χ3v) is 2.57. The van der Waals surface area contributed by atoms with Gasteiger partial charge in [0.2, 0.25) is 0 Å². The van der Waals surface area contributed by atoms with Gasteiger partial charge in [0.25, 0.3) is 0 Å². The first-order valence-electron chi connectivity index (χ1n) is 5.56. The van der Waals surface area contributed by atoms with E-state index in [-0.39, 0.29) is 0 Å². The van der Waals surface area contributed by atoms with Crippen LogP contribution in [-0.2, 0) is 18.3 Å². The van der Waals surface area contributed by atoms with Crippen molar-refractivity contribution >= 4 is 0 Å². The molecule has 1 aromatic rings. The van der Waals surface area contributed by atoms with Crippen LogP contribution in [0.25, 0.3) is 0 Å². The van der Waals surface area contributed by atoms with Gasteiger partial charge in [-0.15, -0.1) is 0 Å². The second-order valence-electron chi connectivity index (χ2n) is 4.53. The molecule has 0 radical (unpaired) electrons. The smallest absolute Gasteiger partial charge is 0.0765 e. The van der Waals surface area contributed by atoms with Gasteiger partial charge in [0, 0.05) is 52.7 Å². The molecule has 4 heteroatoms. The molecule has 0 spiro atoms. The minimum Gasteiger partial charge on any atom is -0.389 e. The first-order valence-corrected chi connectivity index (χ1v) is 5.56. The lowest BCUT2D eigenvalue weighted by atomic mass is 10.0. The highest BCUT2D eigenvalue weighted by atomic mass is 16.5. The molecular formula is C12H22N2O2. The quantitative estimate of drug-likeness (QED) is 0.726. The van der Waals surface area contributed by atoms with E-state index in [0.29, 0.717) is 19.6 Å². The van der Waals surface area contributed by atoms with Crippen LogP contribution in [0, 0.1) is 0 Å². The molecular weight excluding hydrogens is 204 g/mol. The standard InChI is InChI=1S/C12H22N2O2/c1-12(15,5-7-16-3)10-13-8-11-4-6-14(2)9-11/h4,6,9,13,15H,5,7-8,10H2,1-3H3. The fourth-order valence-corrected chi connectivity index (χ4v) is 1.55. The second-order valence-corrected chi connectivity index (χ2v) is 4.53. The molecule has 1 atom stereocenters. The molecule has 1 unspecified atom stereocenters. The SMILES string of the molecule is COCCC(C)(O)CNCc1ccn(C)c1. The van der Waals surface area contributed by atoms with Crippen molar-refractivity contribution in [3.05, 3.63) is 24.0 Å². The lowest BCUT2D eigenvalue weighted by molar-refractivity contribution is 0.0247. The zero-order valence-electron chi connectivity index (χ0n) is 10.4. The fraction of sp³-hybridized carbons (Fsp3) is 0.667. The summed E-state index contributed by atoms with van der Waals surface area (Å²) in [4.78, 5) is 0. The number of hydrogen-bond donors (Lipinski definition) is 2. The molecule has 0 amide bonds. The van der Waals surface area contributed by atoms with E-state index in [0.717, 1.165) is 6.54 Å². The highest BCUT2D eigenvalue weighted by molar-refractivity contribution is 5.09. The zero-order chi connectivity index (χ0) is 12.0. The van der Waals surface area contributed by atoms with Crippen molar-refractivity contribution in [2.75, 3.05) is 20.3 Å².